The Labute approximate surface area is 197 Å². The molecule has 3 atom stereocenters. The Morgan fingerprint density at radius 1 is 1.41 bits per heavy atom. The van der Waals surface area contributed by atoms with E-state index in [9.17, 15) is 24.8 Å². The molecule has 0 saturated carbocycles. The number of nitro groups is 1. The number of nitrogens with zero attached hydrogens (tertiary/aromatic N) is 4. The molecule has 1 fully saturated rings. The standard InChI is InChI=1S/C22H21N5O6S/c1-11(28)18-15-6-14(20-16(7-23)25-10-24-8-17(25)34-20)19(26(15)21(18)29)22(30)33-9-12-2-4-13(5-3-12)27(31)32/h2-5,8,10-11,15,18,28H,6-7,9,23H2,1H3/t11-,15-,18-/m1/s1. The number of aliphatic hydroxyl groups is 1. The normalized spacial score (nSPS) is 20.4. The van der Waals surface area contributed by atoms with E-state index in [-0.39, 0.29) is 36.5 Å². The second-order valence-electron chi connectivity index (χ2n) is 8.26. The van der Waals surface area contributed by atoms with Crippen molar-refractivity contribution in [3.05, 3.63) is 68.7 Å². The third-order valence-electron chi connectivity index (χ3n) is 6.27. The van der Waals surface area contributed by atoms with E-state index in [0.29, 0.717) is 17.6 Å². The zero-order valence-corrected chi connectivity index (χ0v) is 18.9. The van der Waals surface area contributed by atoms with E-state index in [1.807, 2.05) is 4.40 Å². The Balaban J connectivity index is 1.48. The summed E-state index contributed by atoms with van der Waals surface area (Å²) in [4.78, 5) is 43.6. The first-order valence-electron chi connectivity index (χ1n) is 10.6. The van der Waals surface area contributed by atoms with Gasteiger partial charge in [0.05, 0.1) is 39.8 Å². The molecule has 0 unspecified atom stereocenters. The number of aliphatic hydroxyl groups excluding tert-OH is 1. The number of carbonyl (C=O) groups excluding carboxylic acids is 2. The van der Waals surface area contributed by atoms with Gasteiger partial charge in [0, 0.05) is 24.3 Å². The Bertz CT molecular complexity index is 1340. The average Bonchev–Trinajstić information content (AvgIpc) is 3.48. The van der Waals surface area contributed by atoms with Crippen molar-refractivity contribution in [3.8, 4) is 0 Å². The van der Waals surface area contributed by atoms with Crippen molar-refractivity contribution in [1.82, 2.24) is 14.3 Å². The average molecular weight is 484 g/mol. The second-order valence-corrected chi connectivity index (χ2v) is 9.29. The highest BCUT2D eigenvalue weighted by Crippen LogP contribution is 2.49. The number of imidazole rings is 1. The zero-order chi connectivity index (χ0) is 24.1. The number of nitrogens with two attached hydrogens (primary N) is 1. The fourth-order valence-electron chi connectivity index (χ4n) is 4.65. The number of hydrogen-bond acceptors (Lipinski definition) is 9. The van der Waals surface area contributed by atoms with Crippen LogP contribution in [0.3, 0.4) is 0 Å². The number of amides is 1. The summed E-state index contributed by atoms with van der Waals surface area (Å²) in [6.07, 6.45) is 2.90. The number of ether oxygens (including phenoxy) is 1. The molecular formula is C22H21N5O6S. The minimum absolute atomic E-state index is 0.0630. The molecule has 11 nitrogen and oxygen atoms in total. The van der Waals surface area contributed by atoms with Gasteiger partial charge in [-0.2, -0.15) is 0 Å². The van der Waals surface area contributed by atoms with Crippen LogP contribution >= 0.6 is 11.3 Å². The van der Waals surface area contributed by atoms with Crippen LogP contribution in [0.25, 0.3) is 10.4 Å². The molecule has 0 aliphatic carbocycles. The summed E-state index contributed by atoms with van der Waals surface area (Å²) in [5.74, 6) is -1.59. The largest absolute Gasteiger partial charge is 0.456 e. The van der Waals surface area contributed by atoms with E-state index in [4.69, 9.17) is 10.5 Å². The topological polar surface area (TPSA) is 153 Å². The number of rotatable bonds is 7. The number of esters is 1. The minimum atomic E-state index is -0.845. The minimum Gasteiger partial charge on any atom is -0.456 e. The van der Waals surface area contributed by atoms with Crippen molar-refractivity contribution in [3.63, 3.8) is 0 Å². The van der Waals surface area contributed by atoms with Crippen LogP contribution < -0.4 is 5.73 Å². The summed E-state index contributed by atoms with van der Waals surface area (Å²) < 4.78 is 7.38. The molecular weight excluding hydrogens is 462 g/mol. The van der Waals surface area contributed by atoms with Gasteiger partial charge in [-0.3, -0.25) is 19.3 Å². The maximum Gasteiger partial charge on any atom is 0.355 e. The fourth-order valence-corrected chi connectivity index (χ4v) is 5.84. The third-order valence-corrected chi connectivity index (χ3v) is 7.47. The number of β-lactam (4-membered cyclic amide) rings is 1. The number of benzene rings is 1. The summed E-state index contributed by atoms with van der Waals surface area (Å²) in [5, 5.41) is 21.0. The lowest BCUT2D eigenvalue weighted by atomic mass is 9.83. The molecule has 0 radical (unpaired) electrons. The van der Waals surface area contributed by atoms with Crippen LogP contribution in [0.5, 0.6) is 0 Å². The van der Waals surface area contributed by atoms with Crippen LogP contribution in [-0.2, 0) is 27.5 Å². The molecule has 2 aliphatic heterocycles. The molecule has 1 aromatic carbocycles. The van der Waals surface area contributed by atoms with Crippen molar-refractivity contribution in [2.24, 2.45) is 11.7 Å². The zero-order valence-electron chi connectivity index (χ0n) is 18.1. The molecule has 3 N–H and O–H groups in total. The molecule has 0 bridgehead atoms. The summed E-state index contributed by atoms with van der Waals surface area (Å²) in [7, 11) is 0. The quantitative estimate of drug-likeness (QED) is 0.223. The molecule has 0 spiro atoms. The van der Waals surface area contributed by atoms with Gasteiger partial charge in [-0.1, -0.05) is 0 Å². The van der Waals surface area contributed by atoms with Gasteiger partial charge < -0.3 is 20.5 Å². The van der Waals surface area contributed by atoms with Crippen LogP contribution in [0, 0.1) is 16.0 Å². The highest BCUT2D eigenvalue weighted by molar-refractivity contribution is 7.18. The number of fused-ring (bicyclic) bond motifs is 2. The Kier molecular flexibility index (Phi) is 5.42. The first kappa shape index (κ1) is 22.2. The van der Waals surface area contributed by atoms with Crippen LogP contribution in [0.4, 0.5) is 5.69 Å². The Morgan fingerprint density at radius 3 is 2.79 bits per heavy atom. The molecule has 1 amide bonds. The van der Waals surface area contributed by atoms with Crippen LogP contribution in [-0.4, -0.2) is 48.3 Å². The number of nitro benzene ring substituents is 1. The smallest absolute Gasteiger partial charge is 0.355 e. The van der Waals surface area contributed by atoms with Crippen molar-refractivity contribution in [2.45, 2.75) is 38.6 Å². The lowest BCUT2D eigenvalue weighted by Crippen LogP contribution is -2.61. The van der Waals surface area contributed by atoms with Gasteiger partial charge in [-0.15, -0.1) is 11.3 Å². The van der Waals surface area contributed by atoms with Crippen molar-refractivity contribution in [2.75, 3.05) is 0 Å². The maximum atomic E-state index is 13.3. The second kappa shape index (κ2) is 8.31. The number of carbonyl (C=O) groups is 2. The van der Waals surface area contributed by atoms with Crippen LogP contribution in [0.1, 0.15) is 29.5 Å². The van der Waals surface area contributed by atoms with E-state index < -0.39 is 22.9 Å². The maximum absolute atomic E-state index is 13.3. The predicted molar refractivity (Wildman–Crippen MR) is 121 cm³/mol. The number of non-ortho nitro benzene ring substituents is 1. The highest BCUT2D eigenvalue weighted by atomic mass is 32.1. The first-order valence-corrected chi connectivity index (χ1v) is 11.4. The van der Waals surface area contributed by atoms with E-state index >= 15 is 0 Å². The van der Waals surface area contributed by atoms with Gasteiger partial charge >= 0.3 is 5.97 Å². The van der Waals surface area contributed by atoms with E-state index in [1.165, 1.54) is 40.5 Å². The Hall–Kier alpha value is -3.61. The lowest BCUT2D eigenvalue weighted by Gasteiger charge is -2.44. The van der Waals surface area contributed by atoms with Gasteiger partial charge in [-0.25, -0.2) is 9.78 Å². The number of aromatic nitrogens is 2. The lowest BCUT2D eigenvalue weighted by molar-refractivity contribution is -0.384. The number of thiazole rings is 1. The van der Waals surface area contributed by atoms with Crippen molar-refractivity contribution < 1.29 is 24.4 Å². The fraction of sp³-hybridized carbons (Fsp3) is 0.318. The predicted octanol–water partition coefficient (Wildman–Crippen LogP) is 1.83. The molecule has 5 rings (SSSR count). The molecule has 2 aliphatic rings. The van der Waals surface area contributed by atoms with Gasteiger partial charge in [0.1, 0.15) is 23.5 Å². The molecule has 2 aromatic heterocycles. The molecule has 4 heterocycles. The summed E-state index contributed by atoms with van der Waals surface area (Å²) in [6, 6.07) is 5.36. The molecule has 12 heteroatoms. The van der Waals surface area contributed by atoms with E-state index in [2.05, 4.69) is 4.98 Å². The van der Waals surface area contributed by atoms with Crippen molar-refractivity contribution in [1.29, 1.82) is 0 Å². The number of hydrogen-bond donors (Lipinski definition) is 2. The first-order chi connectivity index (χ1) is 16.3. The van der Waals surface area contributed by atoms with Gasteiger partial charge in [-0.05, 0) is 31.0 Å². The molecule has 34 heavy (non-hydrogen) atoms. The van der Waals surface area contributed by atoms with E-state index in [1.54, 1.807) is 19.4 Å². The molecule has 1 saturated heterocycles. The molecule has 176 valence electrons. The van der Waals surface area contributed by atoms with E-state index in [0.717, 1.165) is 15.4 Å². The Morgan fingerprint density at radius 2 is 2.15 bits per heavy atom. The van der Waals surface area contributed by atoms with Gasteiger partial charge in [0.15, 0.2) is 0 Å². The monoisotopic (exact) mass is 483 g/mol. The summed E-state index contributed by atoms with van der Waals surface area (Å²) in [6.45, 7) is 1.66. The summed E-state index contributed by atoms with van der Waals surface area (Å²) in [5.41, 5.74) is 8.11. The van der Waals surface area contributed by atoms with Gasteiger partial charge in [0.2, 0.25) is 5.91 Å². The van der Waals surface area contributed by atoms with Gasteiger partial charge in [0.25, 0.3) is 5.69 Å². The SMILES string of the molecule is C[C@@H](O)[C@H]1C(=O)N2C(C(=O)OCc3ccc([N+](=O)[O-])cc3)=C(c3sc4cncn4c3CN)C[C@H]12. The summed E-state index contributed by atoms with van der Waals surface area (Å²) >= 11 is 1.43. The van der Waals surface area contributed by atoms with Crippen molar-refractivity contribution >= 4 is 39.3 Å². The highest BCUT2D eigenvalue weighted by Gasteiger charge is 2.57. The van der Waals surface area contributed by atoms with Crippen LogP contribution in [0.2, 0.25) is 0 Å². The third kappa shape index (κ3) is 3.38. The molecule has 3 aromatic rings. The van der Waals surface area contributed by atoms with Crippen LogP contribution in [0.15, 0.2) is 42.5 Å².